The second-order valence-electron chi connectivity index (χ2n) is 4.82. The third kappa shape index (κ3) is 5.79. The SMILES string of the molecule is CNC(OC)C(Cc1ccccc1)NC(=S)NC1=N[NH2+]C(=S)S1. The van der Waals surface area contributed by atoms with Crippen molar-refractivity contribution in [3.8, 4) is 0 Å². The molecule has 0 radical (unpaired) electrons. The zero-order valence-corrected chi connectivity index (χ0v) is 15.4. The summed E-state index contributed by atoms with van der Waals surface area (Å²) in [4.78, 5) is 0. The van der Waals surface area contributed by atoms with E-state index in [0.717, 1.165) is 10.7 Å². The fraction of sp³-hybridized carbons (Fsp3) is 0.357. The highest BCUT2D eigenvalue weighted by Crippen LogP contribution is 2.08. The van der Waals surface area contributed by atoms with Crippen LogP contribution in [-0.4, -0.2) is 41.0 Å². The summed E-state index contributed by atoms with van der Waals surface area (Å²) in [5.74, 6) is 0. The Bertz CT molecular complexity index is 577. The lowest BCUT2D eigenvalue weighted by molar-refractivity contribution is -0.534. The summed E-state index contributed by atoms with van der Waals surface area (Å²) < 4.78 is 6.22. The van der Waals surface area contributed by atoms with Crippen molar-refractivity contribution in [2.45, 2.75) is 18.7 Å². The Morgan fingerprint density at radius 1 is 1.39 bits per heavy atom. The zero-order chi connectivity index (χ0) is 16.7. The molecule has 0 amide bonds. The van der Waals surface area contributed by atoms with Crippen molar-refractivity contribution >= 4 is 50.8 Å². The lowest BCUT2D eigenvalue weighted by Crippen LogP contribution is -2.78. The summed E-state index contributed by atoms with van der Waals surface area (Å²) in [5, 5.41) is 14.8. The smallest absolute Gasteiger partial charge is 0.264 e. The van der Waals surface area contributed by atoms with Crippen LogP contribution in [0.1, 0.15) is 5.56 Å². The summed E-state index contributed by atoms with van der Waals surface area (Å²) in [5.41, 5.74) is 2.84. The first-order valence-corrected chi connectivity index (χ1v) is 8.70. The molecule has 1 aliphatic heterocycles. The van der Waals surface area contributed by atoms with Gasteiger partial charge in [-0.2, -0.15) is 5.43 Å². The Morgan fingerprint density at radius 3 is 2.70 bits per heavy atom. The van der Waals surface area contributed by atoms with Crippen LogP contribution in [0.2, 0.25) is 0 Å². The number of thiocarbonyl (C=S) groups is 2. The van der Waals surface area contributed by atoms with Gasteiger partial charge in [0.25, 0.3) is 4.32 Å². The number of benzene rings is 1. The fourth-order valence-corrected chi connectivity index (χ4v) is 3.36. The maximum atomic E-state index is 5.50. The number of thioether (sulfide) groups is 1. The fourth-order valence-electron chi connectivity index (χ4n) is 2.20. The van der Waals surface area contributed by atoms with Crippen molar-refractivity contribution in [1.29, 1.82) is 0 Å². The zero-order valence-electron chi connectivity index (χ0n) is 12.9. The molecule has 5 N–H and O–H groups in total. The average molecular weight is 371 g/mol. The van der Waals surface area contributed by atoms with Gasteiger partial charge in [-0.1, -0.05) is 35.4 Å². The summed E-state index contributed by atoms with van der Waals surface area (Å²) in [6, 6.07) is 10.2. The number of amidine groups is 1. The number of likely N-dealkylation sites (N-methyl/N-ethyl adjacent to an activating group) is 1. The highest BCUT2D eigenvalue weighted by atomic mass is 32.2. The van der Waals surface area contributed by atoms with Crippen LogP contribution in [0, 0.1) is 0 Å². The number of hydrogen-bond acceptors (Lipinski definition) is 6. The summed E-state index contributed by atoms with van der Waals surface area (Å²) in [6.45, 7) is 0. The second kappa shape index (κ2) is 9.26. The lowest BCUT2D eigenvalue weighted by atomic mass is 10.0. The van der Waals surface area contributed by atoms with Crippen LogP contribution < -0.4 is 21.4 Å². The largest absolute Gasteiger partial charge is 0.364 e. The van der Waals surface area contributed by atoms with Gasteiger partial charge in [0, 0.05) is 18.9 Å². The van der Waals surface area contributed by atoms with Crippen LogP contribution in [-0.2, 0) is 11.2 Å². The number of ether oxygens (including phenoxy) is 1. The topological polar surface area (TPSA) is 74.3 Å². The molecule has 1 aromatic carbocycles. The molecule has 6 nitrogen and oxygen atoms in total. The standard InChI is InChI=1S/C14H19N5OS3/c1-15-11(20-2)10(8-9-6-4-3-5-7-9)16-12(21)17-13-18-19-14(22)23-13/h3-7,10-11,15H,8H2,1-2H3,(H,19,22)(H2,16,17,18,21)/p+1. The molecule has 23 heavy (non-hydrogen) atoms. The van der Waals surface area contributed by atoms with Gasteiger partial charge in [-0.05, 0) is 43.5 Å². The molecule has 0 fully saturated rings. The minimum absolute atomic E-state index is 0.0321. The molecule has 1 aromatic rings. The van der Waals surface area contributed by atoms with E-state index in [-0.39, 0.29) is 12.3 Å². The van der Waals surface area contributed by atoms with Crippen LogP contribution in [0.5, 0.6) is 0 Å². The molecule has 1 aliphatic rings. The molecule has 2 rings (SSSR count). The maximum Gasteiger partial charge on any atom is 0.264 e. The van der Waals surface area contributed by atoms with Gasteiger partial charge in [-0.25, -0.2) is 0 Å². The van der Waals surface area contributed by atoms with Gasteiger partial charge in [0.15, 0.2) is 5.11 Å². The molecule has 0 aliphatic carbocycles. The quantitative estimate of drug-likeness (QED) is 0.322. The Hall–Kier alpha value is -1.10. The number of rotatable bonds is 6. The number of methoxy groups -OCH3 is 1. The van der Waals surface area contributed by atoms with Crippen LogP contribution in [0.3, 0.4) is 0 Å². The number of quaternary nitrogens is 1. The van der Waals surface area contributed by atoms with E-state index in [1.165, 1.54) is 17.3 Å². The van der Waals surface area contributed by atoms with Gasteiger partial charge >= 0.3 is 0 Å². The van der Waals surface area contributed by atoms with Crippen molar-refractivity contribution < 1.29 is 10.2 Å². The van der Waals surface area contributed by atoms with Gasteiger partial charge in [-0.3, -0.25) is 5.32 Å². The molecule has 0 spiro atoms. The van der Waals surface area contributed by atoms with Gasteiger partial charge in [0.2, 0.25) is 5.17 Å². The molecule has 2 atom stereocenters. The Morgan fingerprint density at radius 2 is 2.13 bits per heavy atom. The monoisotopic (exact) mass is 370 g/mol. The number of hydrogen-bond donors (Lipinski definition) is 4. The van der Waals surface area contributed by atoms with Crippen molar-refractivity contribution in [1.82, 2.24) is 16.0 Å². The molecule has 0 aromatic heterocycles. The van der Waals surface area contributed by atoms with E-state index in [1.54, 1.807) is 12.5 Å². The van der Waals surface area contributed by atoms with Crippen LogP contribution in [0.25, 0.3) is 0 Å². The summed E-state index contributed by atoms with van der Waals surface area (Å²) >= 11 is 11.8. The van der Waals surface area contributed by atoms with Crippen LogP contribution in [0.4, 0.5) is 0 Å². The minimum Gasteiger partial charge on any atom is -0.364 e. The molecule has 0 saturated carbocycles. The van der Waals surface area contributed by atoms with Gasteiger partial charge in [-0.15, -0.1) is 0 Å². The van der Waals surface area contributed by atoms with Crippen LogP contribution >= 0.6 is 36.2 Å². The highest BCUT2D eigenvalue weighted by molar-refractivity contribution is 8.32. The van der Waals surface area contributed by atoms with E-state index in [9.17, 15) is 0 Å². The molecular formula is C14H20N5OS3+. The van der Waals surface area contributed by atoms with Crippen molar-refractivity contribution in [3.05, 3.63) is 35.9 Å². The van der Waals surface area contributed by atoms with Crippen molar-refractivity contribution in [2.24, 2.45) is 5.10 Å². The van der Waals surface area contributed by atoms with E-state index < -0.39 is 0 Å². The van der Waals surface area contributed by atoms with Crippen molar-refractivity contribution in [3.63, 3.8) is 0 Å². The molecule has 1 heterocycles. The molecule has 9 heteroatoms. The average Bonchev–Trinajstić information content (AvgIpc) is 2.94. The van der Waals surface area contributed by atoms with E-state index in [4.69, 9.17) is 29.2 Å². The lowest BCUT2D eigenvalue weighted by Gasteiger charge is -2.27. The maximum absolute atomic E-state index is 5.50. The predicted octanol–water partition coefficient (Wildman–Crippen LogP) is 0.120. The Labute approximate surface area is 150 Å². The van der Waals surface area contributed by atoms with E-state index in [0.29, 0.717) is 10.3 Å². The second-order valence-corrected chi connectivity index (χ2v) is 6.96. The van der Waals surface area contributed by atoms with Gasteiger partial charge < -0.3 is 15.4 Å². The highest BCUT2D eigenvalue weighted by Gasteiger charge is 2.23. The Balaban J connectivity index is 1.99. The predicted molar refractivity (Wildman–Crippen MR) is 102 cm³/mol. The Kier molecular flexibility index (Phi) is 7.34. The first kappa shape index (κ1) is 18.2. The number of nitrogens with zero attached hydrogens (tertiary/aromatic N) is 1. The minimum atomic E-state index is -0.180. The normalized spacial score (nSPS) is 16.6. The van der Waals surface area contributed by atoms with E-state index in [2.05, 4.69) is 33.2 Å². The van der Waals surface area contributed by atoms with E-state index in [1.807, 2.05) is 25.2 Å². The molecule has 2 unspecified atom stereocenters. The first-order valence-electron chi connectivity index (χ1n) is 7.06. The van der Waals surface area contributed by atoms with Gasteiger partial charge in [0.05, 0.1) is 6.04 Å². The van der Waals surface area contributed by atoms with Crippen molar-refractivity contribution in [2.75, 3.05) is 14.2 Å². The molecule has 0 bridgehead atoms. The molecule has 0 saturated heterocycles. The first-order chi connectivity index (χ1) is 11.1. The third-order valence-corrected chi connectivity index (χ3v) is 4.51. The van der Waals surface area contributed by atoms with E-state index >= 15 is 0 Å². The van der Waals surface area contributed by atoms with Gasteiger partial charge in [0.1, 0.15) is 6.23 Å². The summed E-state index contributed by atoms with van der Waals surface area (Å²) in [7, 11) is 3.52. The summed E-state index contributed by atoms with van der Waals surface area (Å²) in [6.07, 6.45) is 0.590. The molecule has 124 valence electrons. The third-order valence-electron chi connectivity index (χ3n) is 3.22. The number of nitrogens with two attached hydrogens (primary N) is 1. The van der Waals surface area contributed by atoms with Crippen LogP contribution in [0.15, 0.2) is 35.4 Å². The molecular weight excluding hydrogens is 350 g/mol. The number of nitrogens with one attached hydrogen (secondary N) is 3.